The van der Waals surface area contributed by atoms with Crippen LogP contribution in [0.15, 0.2) is 0 Å². The van der Waals surface area contributed by atoms with Gasteiger partial charge in [0.1, 0.15) is 13.2 Å². The van der Waals surface area contributed by atoms with Crippen molar-refractivity contribution in [1.82, 2.24) is 0 Å². The summed E-state index contributed by atoms with van der Waals surface area (Å²) in [7, 11) is 0. The molecule has 0 aliphatic carbocycles. The van der Waals surface area contributed by atoms with E-state index in [1.807, 2.05) is 0 Å². The molecule has 410 valence electrons. The van der Waals surface area contributed by atoms with Gasteiger partial charge in [-0.3, -0.25) is 14.4 Å². The van der Waals surface area contributed by atoms with Gasteiger partial charge in [0.2, 0.25) is 0 Å². The second kappa shape index (κ2) is 54.2. The summed E-state index contributed by atoms with van der Waals surface area (Å²) >= 11 is 0. The van der Waals surface area contributed by atoms with E-state index >= 15 is 0 Å². The van der Waals surface area contributed by atoms with Crippen LogP contribution in [-0.2, 0) is 28.6 Å². The van der Waals surface area contributed by atoms with Crippen molar-refractivity contribution < 1.29 is 28.6 Å². The Labute approximate surface area is 431 Å². The highest BCUT2D eigenvalue weighted by atomic mass is 16.6. The fourth-order valence-corrected chi connectivity index (χ4v) is 9.67. The van der Waals surface area contributed by atoms with E-state index in [1.54, 1.807) is 0 Å². The predicted molar refractivity (Wildman–Crippen MR) is 298 cm³/mol. The zero-order valence-corrected chi connectivity index (χ0v) is 47.6. The first-order chi connectivity index (χ1) is 33.6. The van der Waals surface area contributed by atoms with Crippen LogP contribution in [0.2, 0.25) is 0 Å². The van der Waals surface area contributed by atoms with E-state index in [4.69, 9.17) is 14.2 Å². The molecule has 0 aromatic rings. The fourth-order valence-electron chi connectivity index (χ4n) is 9.67. The van der Waals surface area contributed by atoms with Crippen LogP contribution in [0.5, 0.6) is 0 Å². The minimum atomic E-state index is -0.764. The molecule has 0 aromatic carbocycles. The molecule has 0 amide bonds. The Kier molecular flexibility index (Phi) is 52.9. The average molecular weight is 976 g/mol. The molecule has 1 unspecified atom stereocenters. The van der Waals surface area contributed by atoms with Gasteiger partial charge < -0.3 is 14.2 Å². The zero-order chi connectivity index (χ0) is 50.5. The standard InChI is InChI=1S/C63H122O6/c1-7-59(6)51-45-39-33-27-21-15-12-13-16-22-28-34-40-46-52-61(64)67-55-60(56-68-62(65)53-47-41-35-29-24-18-20-26-32-38-44-50-58(4)5)69-63(66)54-48-42-36-30-23-17-11-9-8-10-14-19-25-31-37-43-49-57(2)3/h57-60H,7-56H2,1-6H3/t59?,60-/m1/s1. The molecule has 0 aliphatic heterocycles. The summed E-state index contributed by atoms with van der Waals surface area (Å²) in [5.41, 5.74) is 0. The Bertz CT molecular complexity index is 1070. The Morgan fingerprint density at radius 2 is 0.507 bits per heavy atom. The normalized spacial score (nSPS) is 12.5. The van der Waals surface area contributed by atoms with Gasteiger partial charge in [-0.25, -0.2) is 0 Å². The van der Waals surface area contributed by atoms with Crippen LogP contribution >= 0.6 is 0 Å². The number of carbonyl (C=O) groups is 3. The molecule has 6 nitrogen and oxygen atoms in total. The van der Waals surface area contributed by atoms with Crippen molar-refractivity contribution in [3.8, 4) is 0 Å². The van der Waals surface area contributed by atoms with Crippen LogP contribution in [0.25, 0.3) is 0 Å². The highest BCUT2D eigenvalue weighted by Crippen LogP contribution is 2.19. The quantitative estimate of drug-likeness (QED) is 0.0343. The molecule has 6 heteroatoms. The topological polar surface area (TPSA) is 78.9 Å². The van der Waals surface area contributed by atoms with Crippen molar-refractivity contribution in [2.75, 3.05) is 13.2 Å². The molecular weight excluding hydrogens is 853 g/mol. The summed E-state index contributed by atoms with van der Waals surface area (Å²) in [6.07, 6.45) is 58.1. The molecule has 0 bridgehead atoms. The number of ether oxygens (including phenoxy) is 3. The van der Waals surface area contributed by atoms with Gasteiger partial charge in [-0.2, -0.15) is 0 Å². The minimum Gasteiger partial charge on any atom is -0.462 e. The number of hydrogen-bond acceptors (Lipinski definition) is 6. The summed E-state index contributed by atoms with van der Waals surface area (Å²) in [6, 6.07) is 0. The zero-order valence-electron chi connectivity index (χ0n) is 47.6. The monoisotopic (exact) mass is 975 g/mol. The molecular formula is C63H122O6. The lowest BCUT2D eigenvalue weighted by atomic mass is 9.99. The first kappa shape index (κ1) is 67.4. The smallest absolute Gasteiger partial charge is 0.306 e. The molecule has 0 rings (SSSR count). The Balaban J connectivity index is 4.29. The number of rotatable bonds is 56. The molecule has 0 radical (unpaired) electrons. The molecule has 0 N–H and O–H groups in total. The second-order valence-corrected chi connectivity index (χ2v) is 22.9. The van der Waals surface area contributed by atoms with Gasteiger partial charge >= 0.3 is 17.9 Å². The van der Waals surface area contributed by atoms with Crippen molar-refractivity contribution in [2.45, 2.75) is 356 Å². The van der Waals surface area contributed by atoms with E-state index in [0.29, 0.717) is 19.3 Å². The van der Waals surface area contributed by atoms with E-state index in [2.05, 4.69) is 41.5 Å². The lowest BCUT2D eigenvalue weighted by Gasteiger charge is -2.18. The van der Waals surface area contributed by atoms with Gasteiger partial charge in [0.15, 0.2) is 6.10 Å². The SMILES string of the molecule is CCC(C)CCCCCCCCCCCCCCCCC(=O)OC[C@H](COC(=O)CCCCCCCCCCCCCC(C)C)OC(=O)CCCCCCCCCCCCCCCCCCC(C)C. The molecule has 0 aliphatic rings. The Morgan fingerprint density at radius 1 is 0.290 bits per heavy atom. The molecule has 0 heterocycles. The highest BCUT2D eigenvalue weighted by Gasteiger charge is 2.19. The molecule has 69 heavy (non-hydrogen) atoms. The van der Waals surface area contributed by atoms with Crippen LogP contribution < -0.4 is 0 Å². The first-order valence-electron chi connectivity index (χ1n) is 31.1. The van der Waals surface area contributed by atoms with Crippen LogP contribution in [0.1, 0.15) is 350 Å². The van der Waals surface area contributed by atoms with E-state index in [0.717, 1.165) is 75.5 Å². The van der Waals surface area contributed by atoms with Crippen LogP contribution in [0.3, 0.4) is 0 Å². The third-order valence-electron chi connectivity index (χ3n) is 14.8. The van der Waals surface area contributed by atoms with Crippen LogP contribution in [-0.4, -0.2) is 37.2 Å². The van der Waals surface area contributed by atoms with Crippen LogP contribution in [0, 0.1) is 17.8 Å². The van der Waals surface area contributed by atoms with E-state index < -0.39 is 6.10 Å². The number of unbranched alkanes of at least 4 members (excludes halogenated alkanes) is 38. The van der Waals surface area contributed by atoms with Gasteiger partial charge in [0.05, 0.1) is 0 Å². The molecule has 0 saturated carbocycles. The predicted octanol–water partition coefficient (Wildman–Crippen LogP) is 20.7. The summed E-state index contributed by atoms with van der Waals surface area (Å²) in [5, 5.41) is 0. The molecule has 0 saturated heterocycles. The van der Waals surface area contributed by atoms with Crippen molar-refractivity contribution in [3.63, 3.8) is 0 Å². The van der Waals surface area contributed by atoms with Gasteiger partial charge in [0.25, 0.3) is 0 Å². The summed E-state index contributed by atoms with van der Waals surface area (Å²) in [6.45, 7) is 13.8. The maximum atomic E-state index is 12.9. The van der Waals surface area contributed by atoms with Gasteiger partial charge in [-0.1, -0.05) is 311 Å². The maximum absolute atomic E-state index is 12.9. The maximum Gasteiger partial charge on any atom is 0.306 e. The van der Waals surface area contributed by atoms with E-state index in [-0.39, 0.29) is 31.1 Å². The minimum absolute atomic E-state index is 0.0629. The molecule has 0 spiro atoms. The number of hydrogen-bond donors (Lipinski definition) is 0. The van der Waals surface area contributed by atoms with Gasteiger partial charge in [0, 0.05) is 19.3 Å². The van der Waals surface area contributed by atoms with E-state index in [9.17, 15) is 14.4 Å². The van der Waals surface area contributed by atoms with Gasteiger partial charge in [-0.15, -0.1) is 0 Å². The molecule has 0 aromatic heterocycles. The summed E-state index contributed by atoms with van der Waals surface area (Å²) in [5.74, 6) is 1.74. The van der Waals surface area contributed by atoms with Crippen molar-refractivity contribution in [2.24, 2.45) is 17.8 Å². The van der Waals surface area contributed by atoms with Crippen molar-refractivity contribution >= 4 is 17.9 Å². The number of carbonyl (C=O) groups excluding carboxylic acids is 3. The largest absolute Gasteiger partial charge is 0.462 e. The Morgan fingerprint density at radius 3 is 0.754 bits per heavy atom. The van der Waals surface area contributed by atoms with Crippen molar-refractivity contribution in [1.29, 1.82) is 0 Å². The van der Waals surface area contributed by atoms with Gasteiger partial charge in [-0.05, 0) is 37.0 Å². The third-order valence-corrected chi connectivity index (χ3v) is 14.8. The van der Waals surface area contributed by atoms with Crippen molar-refractivity contribution in [3.05, 3.63) is 0 Å². The van der Waals surface area contributed by atoms with E-state index in [1.165, 1.54) is 231 Å². The summed E-state index contributed by atoms with van der Waals surface area (Å²) in [4.78, 5) is 38.3. The lowest BCUT2D eigenvalue weighted by molar-refractivity contribution is -0.167. The first-order valence-corrected chi connectivity index (χ1v) is 31.1. The second-order valence-electron chi connectivity index (χ2n) is 22.9. The molecule has 2 atom stereocenters. The Hall–Kier alpha value is -1.59. The average Bonchev–Trinajstić information content (AvgIpc) is 3.32. The lowest BCUT2D eigenvalue weighted by Crippen LogP contribution is -2.30. The number of esters is 3. The summed E-state index contributed by atoms with van der Waals surface area (Å²) < 4.78 is 16.9. The fraction of sp³-hybridized carbons (Fsp3) is 0.952. The third kappa shape index (κ3) is 55.6. The molecule has 0 fully saturated rings. The van der Waals surface area contributed by atoms with Crippen LogP contribution in [0.4, 0.5) is 0 Å². The highest BCUT2D eigenvalue weighted by molar-refractivity contribution is 5.71.